The van der Waals surface area contributed by atoms with Crippen molar-refractivity contribution in [1.29, 1.82) is 0 Å². The molecule has 0 aliphatic carbocycles. The smallest absolute Gasteiger partial charge is 0.224 e. The number of hydrogen-bond donors (Lipinski definition) is 2. The van der Waals surface area contributed by atoms with Crippen molar-refractivity contribution in [2.24, 2.45) is 10.9 Å². The molecule has 0 radical (unpaired) electrons. The van der Waals surface area contributed by atoms with Crippen molar-refractivity contribution in [2.75, 3.05) is 51.9 Å². The number of nitrogens with one attached hydrogen (secondary N) is 2. The number of ether oxygens (including phenoxy) is 2. The van der Waals surface area contributed by atoms with Crippen LogP contribution in [0.3, 0.4) is 0 Å². The molecule has 1 amide bonds. The molecule has 1 atom stereocenters. The Morgan fingerprint density at radius 3 is 2.72 bits per heavy atom. The normalized spacial score (nSPS) is 16.9. The molecule has 7 nitrogen and oxygen atoms in total. The Balaban J connectivity index is 1.86. The fraction of sp³-hybridized carbons (Fsp3) is 0.636. The molecular formula is C22H36N4O3. The average molecular weight is 405 g/mol. The van der Waals surface area contributed by atoms with Crippen LogP contribution < -0.4 is 10.6 Å². The Morgan fingerprint density at radius 1 is 1.24 bits per heavy atom. The van der Waals surface area contributed by atoms with E-state index < -0.39 is 0 Å². The molecule has 29 heavy (non-hydrogen) atoms. The zero-order chi connectivity index (χ0) is 20.9. The van der Waals surface area contributed by atoms with Crippen molar-refractivity contribution in [3.8, 4) is 0 Å². The molecule has 1 aliphatic rings. The second-order valence-electron chi connectivity index (χ2n) is 7.33. The lowest BCUT2D eigenvalue weighted by atomic mass is 10.1. The van der Waals surface area contributed by atoms with E-state index in [2.05, 4.69) is 22.5 Å². The van der Waals surface area contributed by atoms with E-state index in [0.29, 0.717) is 32.1 Å². The number of amides is 1. The third-order valence-corrected chi connectivity index (χ3v) is 4.83. The van der Waals surface area contributed by atoms with Crippen molar-refractivity contribution < 1.29 is 14.3 Å². The number of nitrogens with zero attached hydrogens (tertiary/aromatic N) is 2. The second kappa shape index (κ2) is 13.2. The van der Waals surface area contributed by atoms with Crippen LogP contribution in [-0.2, 0) is 20.8 Å². The van der Waals surface area contributed by atoms with Crippen LogP contribution in [0.15, 0.2) is 29.3 Å². The molecule has 1 aromatic carbocycles. The summed E-state index contributed by atoms with van der Waals surface area (Å²) in [6.45, 7) is 9.55. The molecule has 1 fully saturated rings. The van der Waals surface area contributed by atoms with Gasteiger partial charge in [-0.05, 0) is 37.5 Å². The Kier molecular flexibility index (Phi) is 10.5. The summed E-state index contributed by atoms with van der Waals surface area (Å²) in [5.41, 5.74) is 1.95. The predicted molar refractivity (Wildman–Crippen MR) is 117 cm³/mol. The van der Waals surface area contributed by atoms with Crippen molar-refractivity contribution in [3.05, 3.63) is 29.8 Å². The van der Waals surface area contributed by atoms with E-state index in [-0.39, 0.29) is 5.91 Å². The molecule has 0 aromatic heterocycles. The van der Waals surface area contributed by atoms with Crippen LogP contribution >= 0.6 is 0 Å². The Labute approximate surface area is 174 Å². The van der Waals surface area contributed by atoms with Gasteiger partial charge in [0.1, 0.15) is 0 Å². The number of rotatable bonds is 11. The maximum absolute atomic E-state index is 11.7. The number of aliphatic imine (C=N–C) groups is 1. The first-order chi connectivity index (χ1) is 14.2. The van der Waals surface area contributed by atoms with Gasteiger partial charge in [0.05, 0.1) is 26.4 Å². The minimum Gasteiger partial charge on any atom is -0.382 e. The fourth-order valence-electron chi connectivity index (χ4n) is 3.29. The number of carbonyl (C=O) groups excluding carboxylic acids is 1. The first-order valence-corrected chi connectivity index (χ1v) is 10.6. The highest BCUT2D eigenvalue weighted by Gasteiger charge is 2.24. The van der Waals surface area contributed by atoms with E-state index in [4.69, 9.17) is 14.5 Å². The van der Waals surface area contributed by atoms with Crippen LogP contribution in [0.5, 0.6) is 0 Å². The van der Waals surface area contributed by atoms with Crippen molar-refractivity contribution in [1.82, 2.24) is 10.2 Å². The van der Waals surface area contributed by atoms with Gasteiger partial charge in [0.25, 0.3) is 0 Å². The summed E-state index contributed by atoms with van der Waals surface area (Å²) < 4.78 is 10.7. The van der Waals surface area contributed by atoms with Gasteiger partial charge in [-0.1, -0.05) is 19.1 Å². The zero-order valence-corrected chi connectivity index (χ0v) is 18.1. The molecule has 1 unspecified atom stereocenters. The van der Waals surface area contributed by atoms with Gasteiger partial charge in [0.2, 0.25) is 5.91 Å². The van der Waals surface area contributed by atoms with E-state index >= 15 is 0 Å². The molecule has 162 valence electrons. The summed E-state index contributed by atoms with van der Waals surface area (Å²) in [6, 6.07) is 7.92. The number of benzene rings is 1. The van der Waals surface area contributed by atoms with Crippen LogP contribution in [0.25, 0.3) is 0 Å². The van der Waals surface area contributed by atoms with Gasteiger partial charge >= 0.3 is 0 Å². The first kappa shape index (κ1) is 23.2. The third-order valence-electron chi connectivity index (χ3n) is 4.83. The molecule has 1 aliphatic heterocycles. The monoisotopic (exact) mass is 404 g/mol. The molecule has 0 spiro atoms. The number of methoxy groups -OCH3 is 1. The molecule has 0 bridgehead atoms. The Bertz CT molecular complexity index is 633. The fourth-order valence-corrected chi connectivity index (χ4v) is 3.29. The quantitative estimate of drug-likeness (QED) is 0.337. The lowest BCUT2D eigenvalue weighted by Gasteiger charge is -2.21. The summed E-state index contributed by atoms with van der Waals surface area (Å²) in [5.74, 6) is 1.54. The van der Waals surface area contributed by atoms with Crippen molar-refractivity contribution in [3.63, 3.8) is 0 Å². The maximum Gasteiger partial charge on any atom is 0.224 e. The minimum absolute atomic E-state index is 0.0579. The maximum atomic E-state index is 11.7. The third kappa shape index (κ3) is 8.41. The van der Waals surface area contributed by atoms with Gasteiger partial charge in [-0.3, -0.25) is 4.79 Å². The SMILES string of the molecule is CCCC(=O)Nc1ccc(CN=C(NCC)N2CCC(COCCOC)C2)cc1. The predicted octanol–water partition coefficient (Wildman–Crippen LogP) is 2.88. The van der Waals surface area contributed by atoms with Crippen LogP contribution in [0.4, 0.5) is 5.69 Å². The molecule has 7 heteroatoms. The highest BCUT2D eigenvalue weighted by atomic mass is 16.5. The molecule has 2 rings (SSSR count). The molecule has 1 aromatic rings. The lowest BCUT2D eigenvalue weighted by molar-refractivity contribution is -0.116. The van der Waals surface area contributed by atoms with E-state index in [1.807, 2.05) is 31.2 Å². The van der Waals surface area contributed by atoms with E-state index in [0.717, 1.165) is 56.3 Å². The number of anilines is 1. The Morgan fingerprint density at radius 2 is 2.03 bits per heavy atom. The van der Waals surface area contributed by atoms with Gasteiger partial charge in [-0.25, -0.2) is 4.99 Å². The van der Waals surface area contributed by atoms with Gasteiger partial charge in [0, 0.05) is 44.8 Å². The molecular weight excluding hydrogens is 368 g/mol. The highest BCUT2D eigenvalue weighted by Crippen LogP contribution is 2.17. The largest absolute Gasteiger partial charge is 0.382 e. The standard InChI is InChI=1S/C22H36N4O3/c1-4-6-21(27)25-20-9-7-18(8-10-20)15-24-22(23-5-2)26-12-11-19(16-26)17-29-14-13-28-3/h7-10,19H,4-6,11-17H2,1-3H3,(H,23,24)(H,25,27). The molecule has 2 N–H and O–H groups in total. The molecule has 0 saturated carbocycles. The number of guanidine groups is 1. The zero-order valence-electron chi connectivity index (χ0n) is 18.1. The van der Waals surface area contributed by atoms with Gasteiger partial charge in [-0.15, -0.1) is 0 Å². The number of hydrogen-bond acceptors (Lipinski definition) is 4. The van der Waals surface area contributed by atoms with Gasteiger partial charge < -0.3 is 25.0 Å². The summed E-state index contributed by atoms with van der Waals surface area (Å²) in [4.78, 5) is 18.8. The van der Waals surface area contributed by atoms with Gasteiger partial charge in [-0.2, -0.15) is 0 Å². The van der Waals surface area contributed by atoms with Crippen LogP contribution in [-0.4, -0.2) is 63.3 Å². The number of likely N-dealkylation sites (tertiary alicyclic amines) is 1. The Hall–Kier alpha value is -2.12. The van der Waals surface area contributed by atoms with Gasteiger partial charge in [0.15, 0.2) is 5.96 Å². The number of carbonyl (C=O) groups is 1. The van der Waals surface area contributed by atoms with Crippen molar-refractivity contribution >= 4 is 17.6 Å². The van der Waals surface area contributed by atoms with Crippen molar-refractivity contribution in [2.45, 2.75) is 39.7 Å². The van der Waals surface area contributed by atoms with E-state index in [1.54, 1.807) is 7.11 Å². The molecule has 1 heterocycles. The first-order valence-electron chi connectivity index (χ1n) is 10.6. The minimum atomic E-state index is 0.0579. The second-order valence-corrected chi connectivity index (χ2v) is 7.33. The molecule has 1 saturated heterocycles. The highest BCUT2D eigenvalue weighted by molar-refractivity contribution is 5.90. The summed E-state index contributed by atoms with van der Waals surface area (Å²) in [6.07, 6.45) is 2.51. The lowest BCUT2D eigenvalue weighted by Crippen LogP contribution is -2.40. The van der Waals surface area contributed by atoms with Crippen LogP contribution in [0.1, 0.15) is 38.7 Å². The average Bonchev–Trinajstić information content (AvgIpc) is 3.18. The summed E-state index contributed by atoms with van der Waals surface area (Å²) >= 11 is 0. The van der Waals surface area contributed by atoms with E-state index in [9.17, 15) is 4.79 Å². The van der Waals surface area contributed by atoms with Crippen LogP contribution in [0, 0.1) is 5.92 Å². The topological polar surface area (TPSA) is 75.2 Å². The summed E-state index contributed by atoms with van der Waals surface area (Å²) in [7, 11) is 1.69. The summed E-state index contributed by atoms with van der Waals surface area (Å²) in [5, 5.41) is 6.32. The van der Waals surface area contributed by atoms with E-state index in [1.165, 1.54) is 0 Å². The van der Waals surface area contributed by atoms with Crippen LogP contribution in [0.2, 0.25) is 0 Å².